The molecule has 0 aliphatic heterocycles. The number of sulfone groups is 1. The molecule has 0 saturated heterocycles. The van der Waals surface area contributed by atoms with E-state index >= 15 is 0 Å². The first-order valence-corrected chi connectivity index (χ1v) is 14.7. The number of carbonyl (C=O) groups excluding carboxylic acids is 2. The fourth-order valence-corrected chi connectivity index (χ4v) is 6.23. The Morgan fingerprint density at radius 1 is 1.14 bits per heavy atom. The second-order valence-electron chi connectivity index (χ2n) is 9.46. The average Bonchev–Trinajstić information content (AvgIpc) is 3.03. The largest absolute Gasteiger partial charge is 0.407 e. The van der Waals surface area contributed by atoms with Gasteiger partial charge in [0.25, 0.3) is 0 Å². The van der Waals surface area contributed by atoms with E-state index in [4.69, 9.17) is 11.5 Å². The maximum absolute atomic E-state index is 14.1. The predicted octanol–water partition coefficient (Wildman–Crippen LogP) is 3.09. The molecule has 202 valence electrons. The molecule has 1 aliphatic carbocycles. The first-order chi connectivity index (χ1) is 17.1. The van der Waals surface area contributed by atoms with Crippen LogP contribution in [-0.2, 0) is 19.4 Å². The van der Waals surface area contributed by atoms with Crippen LogP contribution < -0.4 is 16.8 Å². The number of benzene rings is 2. The van der Waals surface area contributed by atoms with Gasteiger partial charge in [-0.25, -0.2) is 8.42 Å². The number of hydrogen-bond donors (Lipinski definition) is 3. The molecule has 0 radical (unpaired) electrons. The molecule has 2 aromatic rings. The van der Waals surface area contributed by atoms with E-state index in [1.807, 2.05) is 0 Å². The van der Waals surface area contributed by atoms with Crippen LogP contribution in [0.1, 0.15) is 24.9 Å². The quantitative estimate of drug-likeness (QED) is 0.432. The highest BCUT2D eigenvalue weighted by Gasteiger charge is 2.57. The van der Waals surface area contributed by atoms with Crippen molar-refractivity contribution in [3.63, 3.8) is 0 Å². The summed E-state index contributed by atoms with van der Waals surface area (Å²) in [7, 11) is -3.37. The minimum Gasteiger partial charge on any atom is -0.369 e. The number of hydrogen-bond acceptors (Lipinski definition) is 7. The van der Waals surface area contributed by atoms with Gasteiger partial charge < -0.3 is 11.5 Å². The highest BCUT2D eigenvalue weighted by Crippen LogP contribution is 2.41. The number of nitrogens with two attached hydrogens (primary N) is 2. The second kappa shape index (κ2) is 10.8. The maximum atomic E-state index is 14.1. The second-order valence-corrected chi connectivity index (χ2v) is 12.4. The molecular weight excluding hydrogens is 527 g/mol. The Bertz CT molecular complexity index is 1250. The Hall–Kier alpha value is -2.41. The van der Waals surface area contributed by atoms with Crippen LogP contribution in [0.2, 0.25) is 0 Å². The van der Waals surface area contributed by atoms with E-state index in [0.29, 0.717) is 11.1 Å². The zero-order chi connectivity index (χ0) is 27.8. The minimum atomic E-state index is -4.72. The van der Waals surface area contributed by atoms with Gasteiger partial charge in [-0.1, -0.05) is 43.3 Å². The number of Topliss-reactive ketones (excluding diaryl/α,β-unsaturated/α-hetero) is 1. The number of rotatable bonds is 9. The topological polar surface area (TPSA) is 132 Å². The van der Waals surface area contributed by atoms with Crippen molar-refractivity contribution in [2.45, 2.75) is 42.0 Å². The van der Waals surface area contributed by atoms with Crippen molar-refractivity contribution in [3.05, 3.63) is 54.1 Å². The highest BCUT2D eigenvalue weighted by molar-refractivity contribution is 7.98. The van der Waals surface area contributed by atoms with E-state index in [9.17, 15) is 31.2 Å². The molecule has 1 amide bonds. The van der Waals surface area contributed by atoms with E-state index in [2.05, 4.69) is 5.32 Å². The molecule has 2 aromatic carbocycles. The van der Waals surface area contributed by atoms with Crippen molar-refractivity contribution in [2.24, 2.45) is 23.3 Å². The van der Waals surface area contributed by atoms with Gasteiger partial charge >= 0.3 is 6.18 Å². The van der Waals surface area contributed by atoms with Crippen LogP contribution in [0.5, 0.6) is 0 Å². The van der Waals surface area contributed by atoms with E-state index in [1.54, 1.807) is 25.3 Å². The Balaban J connectivity index is 1.87. The third-order valence-corrected chi connectivity index (χ3v) is 8.75. The molecular formula is C25H30F3N3O4S2. The molecule has 5 atom stereocenters. The number of ketones is 1. The normalized spacial score (nSPS) is 24.1. The summed E-state index contributed by atoms with van der Waals surface area (Å²) >= 11 is 1.28. The number of carbonyl (C=O) groups is 2. The van der Waals surface area contributed by atoms with E-state index < -0.39 is 57.2 Å². The van der Waals surface area contributed by atoms with E-state index in [0.717, 1.165) is 6.26 Å². The molecule has 0 spiro atoms. The summed E-state index contributed by atoms with van der Waals surface area (Å²) in [6.45, 7) is 1.64. The lowest BCUT2D eigenvalue weighted by Crippen LogP contribution is -2.61. The van der Waals surface area contributed by atoms with Crippen molar-refractivity contribution >= 4 is 33.3 Å². The Labute approximate surface area is 218 Å². The lowest BCUT2D eigenvalue weighted by atomic mass is 9.77. The van der Waals surface area contributed by atoms with Gasteiger partial charge in [-0.2, -0.15) is 24.9 Å². The van der Waals surface area contributed by atoms with Crippen LogP contribution in [0.25, 0.3) is 11.1 Å². The van der Waals surface area contributed by atoms with E-state index in [1.165, 1.54) is 48.2 Å². The molecule has 37 heavy (non-hydrogen) atoms. The number of amides is 1. The molecule has 7 nitrogen and oxygen atoms in total. The van der Waals surface area contributed by atoms with Gasteiger partial charge in [0.05, 0.1) is 22.4 Å². The first-order valence-electron chi connectivity index (χ1n) is 11.4. The van der Waals surface area contributed by atoms with Crippen molar-refractivity contribution in [1.29, 1.82) is 0 Å². The number of thioether (sulfide) groups is 1. The van der Waals surface area contributed by atoms with E-state index in [-0.39, 0.29) is 22.6 Å². The number of primary amides is 1. The average molecular weight is 558 g/mol. The number of alkyl halides is 3. The molecule has 0 aromatic heterocycles. The lowest BCUT2D eigenvalue weighted by Gasteiger charge is -2.34. The van der Waals surface area contributed by atoms with Crippen LogP contribution in [0, 0.1) is 11.8 Å². The summed E-state index contributed by atoms with van der Waals surface area (Å²) in [6.07, 6.45) is -1.87. The van der Waals surface area contributed by atoms with Crippen LogP contribution in [0.4, 0.5) is 13.2 Å². The van der Waals surface area contributed by atoms with Gasteiger partial charge in [-0.15, -0.1) is 0 Å². The monoisotopic (exact) mass is 557 g/mol. The molecule has 1 aliphatic rings. The molecule has 1 fully saturated rings. The molecule has 1 saturated carbocycles. The van der Waals surface area contributed by atoms with Crippen LogP contribution >= 0.6 is 11.8 Å². The molecule has 3 rings (SSSR count). The SMILES string of the molecule is CSC[C@@H](C(N)=O)C1(N)C(=O)[C@@H](N[C@@H](c2ccc(-c3ccc(S(C)(=O)=O)cc3)cc2)C(F)(F)F)CC1C. The number of halogens is 3. The maximum Gasteiger partial charge on any atom is 0.407 e. The smallest absolute Gasteiger partial charge is 0.369 e. The third-order valence-electron chi connectivity index (χ3n) is 6.96. The first kappa shape index (κ1) is 29.2. The zero-order valence-corrected chi connectivity index (χ0v) is 22.2. The summed E-state index contributed by atoms with van der Waals surface area (Å²) in [4.78, 5) is 25.5. The molecule has 0 bridgehead atoms. The van der Waals surface area contributed by atoms with Gasteiger partial charge in [-0.05, 0) is 47.4 Å². The van der Waals surface area contributed by atoms with Gasteiger partial charge in [0.15, 0.2) is 15.6 Å². The van der Waals surface area contributed by atoms with Crippen molar-refractivity contribution in [3.8, 4) is 11.1 Å². The van der Waals surface area contributed by atoms with Gasteiger partial charge in [0, 0.05) is 12.0 Å². The Morgan fingerprint density at radius 3 is 2.08 bits per heavy atom. The van der Waals surface area contributed by atoms with Crippen molar-refractivity contribution in [2.75, 3.05) is 18.3 Å². The summed E-state index contributed by atoms with van der Waals surface area (Å²) in [6, 6.07) is 8.28. The van der Waals surface area contributed by atoms with Crippen LogP contribution in [0.3, 0.4) is 0 Å². The summed E-state index contributed by atoms with van der Waals surface area (Å²) in [5.74, 6) is -2.80. The fraction of sp³-hybridized carbons (Fsp3) is 0.440. The van der Waals surface area contributed by atoms with Crippen LogP contribution in [-0.4, -0.2) is 56.1 Å². The summed E-state index contributed by atoms with van der Waals surface area (Å²) < 4.78 is 65.7. The van der Waals surface area contributed by atoms with Crippen molar-refractivity contribution < 1.29 is 31.2 Å². The number of nitrogens with one attached hydrogen (secondary N) is 1. The standard InChI is InChI=1S/C25H30F3N3O4S2/c1-14-12-20(22(32)24(14,30)19(13-36-2)23(29)33)31-21(25(26,27)28)17-6-4-15(5-7-17)16-8-10-18(11-9-16)37(3,34)35/h4-11,14,19-21,31H,12-13,30H2,1-3H3,(H2,29,33)/t14?,19-,20-,21-,24?/m0/s1. The van der Waals surface area contributed by atoms with Gasteiger partial charge in [-0.3, -0.25) is 14.9 Å². The Kier molecular flexibility index (Phi) is 8.47. The molecule has 2 unspecified atom stereocenters. The zero-order valence-electron chi connectivity index (χ0n) is 20.6. The molecule has 12 heteroatoms. The van der Waals surface area contributed by atoms with Crippen LogP contribution in [0.15, 0.2) is 53.4 Å². The fourth-order valence-electron chi connectivity index (χ4n) is 4.82. The molecule has 0 heterocycles. The summed E-state index contributed by atoms with van der Waals surface area (Å²) in [5, 5.41) is 2.45. The third kappa shape index (κ3) is 6.02. The predicted molar refractivity (Wildman–Crippen MR) is 137 cm³/mol. The highest BCUT2D eigenvalue weighted by atomic mass is 32.2. The molecule has 5 N–H and O–H groups in total. The minimum absolute atomic E-state index is 0.0326. The van der Waals surface area contributed by atoms with Crippen molar-refractivity contribution in [1.82, 2.24) is 5.32 Å². The Morgan fingerprint density at radius 2 is 1.65 bits per heavy atom. The lowest BCUT2D eigenvalue weighted by molar-refractivity contribution is -0.160. The van der Waals surface area contributed by atoms with Gasteiger partial charge in [0.2, 0.25) is 5.91 Å². The van der Waals surface area contributed by atoms with Gasteiger partial charge in [0.1, 0.15) is 6.04 Å². The summed E-state index contributed by atoms with van der Waals surface area (Å²) in [5.41, 5.74) is 11.4.